The molecule has 1 heterocycles. The monoisotopic (exact) mass is 420 g/mol. The Morgan fingerprint density at radius 1 is 1.10 bits per heavy atom. The smallest absolute Gasteiger partial charge is 0.258 e. The zero-order valence-electron chi connectivity index (χ0n) is 16.5. The minimum Gasteiger partial charge on any atom is -0.322 e. The standard InChI is InChI=1S/C24H21FN2O2S/c1-2-16-6-5-7-19(14-16)27-22(28)15-30-24(27)17-10-12-18(13-11-17)26-23(29)20-8-3-4-9-21(20)25/h3-14,24H,2,15H2,1H3,(H,26,29). The van der Waals surface area contributed by atoms with E-state index in [4.69, 9.17) is 0 Å². The average Bonchev–Trinajstić information content (AvgIpc) is 3.16. The van der Waals surface area contributed by atoms with Crippen LogP contribution in [0.2, 0.25) is 0 Å². The fourth-order valence-electron chi connectivity index (χ4n) is 3.45. The summed E-state index contributed by atoms with van der Waals surface area (Å²) in [6.45, 7) is 2.09. The Labute approximate surface area is 179 Å². The van der Waals surface area contributed by atoms with Crippen LogP contribution in [0.25, 0.3) is 0 Å². The number of carbonyl (C=O) groups is 2. The molecular weight excluding hydrogens is 399 g/mol. The second-order valence-corrected chi connectivity index (χ2v) is 8.08. The third kappa shape index (κ3) is 4.09. The lowest BCUT2D eigenvalue weighted by Gasteiger charge is -2.25. The maximum Gasteiger partial charge on any atom is 0.258 e. The molecule has 0 aromatic heterocycles. The molecule has 4 nitrogen and oxygen atoms in total. The molecular formula is C24H21FN2O2S. The maximum atomic E-state index is 13.8. The van der Waals surface area contributed by atoms with Gasteiger partial charge in [-0.15, -0.1) is 11.8 Å². The number of hydrogen-bond acceptors (Lipinski definition) is 3. The molecule has 3 aromatic carbocycles. The number of nitrogens with zero attached hydrogens (tertiary/aromatic N) is 1. The van der Waals surface area contributed by atoms with Crippen LogP contribution in [0.3, 0.4) is 0 Å². The molecule has 1 unspecified atom stereocenters. The van der Waals surface area contributed by atoms with E-state index in [0.29, 0.717) is 11.4 Å². The Kier molecular flexibility index (Phi) is 5.86. The highest BCUT2D eigenvalue weighted by atomic mass is 32.2. The summed E-state index contributed by atoms with van der Waals surface area (Å²) in [6, 6.07) is 21.3. The molecule has 4 rings (SSSR count). The van der Waals surface area contributed by atoms with Crippen molar-refractivity contribution >= 4 is 35.0 Å². The van der Waals surface area contributed by atoms with E-state index in [2.05, 4.69) is 24.4 Å². The summed E-state index contributed by atoms with van der Waals surface area (Å²) in [5.74, 6) is -0.552. The molecule has 6 heteroatoms. The molecule has 152 valence electrons. The van der Waals surface area contributed by atoms with Crippen molar-refractivity contribution in [2.24, 2.45) is 0 Å². The van der Waals surface area contributed by atoms with Gasteiger partial charge >= 0.3 is 0 Å². The second-order valence-electron chi connectivity index (χ2n) is 7.01. The third-order valence-corrected chi connectivity index (χ3v) is 6.25. The van der Waals surface area contributed by atoms with Gasteiger partial charge in [-0.1, -0.05) is 43.3 Å². The fraction of sp³-hybridized carbons (Fsp3) is 0.167. The van der Waals surface area contributed by atoms with Gasteiger partial charge in [0, 0.05) is 11.4 Å². The molecule has 0 spiro atoms. The molecule has 2 amide bonds. The van der Waals surface area contributed by atoms with Crippen molar-refractivity contribution in [3.8, 4) is 0 Å². The van der Waals surface area contributed by atoms with Crippen LogP contribution in [0.1, 0.15) is 33.8 Å². The molecule has 1 aliphatic rings. The molecule has 0 saturated carbocycles. The average molecular weight is 421 g/mol. The molecule has 1 fully saturated rings. The number of carbonyl (C=O) groups excluding carboxylic acids is 2. The normalized spacial score (nSPS) is 16.0. The summed E-state index contributed by atoms with van der Waals surface area (Å²) >= 11 is 1.58. The van der Waals surface area contributed by atoms with Crippen LogP contribution < -0.4 is 10.2 Å². The molecule has 1 saturated heterocycles. The molecule has 1 aliphatic heterocycles. The molecule has 1 atom stereocenters. The minimum absolute atomic E-state index is 0.000466. The van der Waals surface area contributed by atoms with Crippen LogP contribution in [-0.2, 0) is 11.2 Å². The van der Waals surface area contributed by atoms with Crippen LogP contribution in [0.4, 0.5) is 15.8 Å². The first kappa shape index (κ1) is 20.2. The first-order chi connectivity index (χ1) is 14.6. The number of anilines is 2. The Bertz CT molecular complexity index is 1080. The van der Waals surface area contributed by atoms with E-state index in [0.717, 1.165) is 17.7 Å². The van der Waals surface area contributed by atoms with Crippen LogP contribution in [0.15, 0.2) is 72.8 Å². The van der Waals surface area contributed by atoms with E-state index in [1.165, 1.54) is 17.7 Å². The summed E-state index contributed by atoms with van der Waals surface area (Å²) in [4.78, 5) is 26.7. The first-order valence-corrected chi connectivity index (χ1v) is 10.8. The van der Waals surface area contributed by atoms with Gasteiger partial charge in [0.15, 0.2) is 0 Å². The van der Waals surface area contributed by atoms with Crippen molar-refractivity contribution in [1.82, 2.24) is 0 Å². The van der Waals surface area contributed by atoms with Crippen LogP contribution in [0.5, 0.6) is 0 Å². The predicted molar refractivity (Wildman–Crippen MR) is 119 cm³/mol. The fourth-order valence-corrected chi connectivity index (χ4v) is 4.63. The van der Waals surface area contributed by atoms with Crippen LogP contribution in [0, 0.1) is 5.82 Å². The van der Waals surface area contributed by atoms with Gasteiger partial charge in [0.2, 0.25) is 5.91 Å². The third-order valence-electron chi connectivity index (χ3n) is 5.04. The SMILES string of the molecule is CCc1cccc(N2C(=O)CSC2c2ccc(NC(=O)c3ccccc3F)cc2)c1. The molecule has 30 heavy (non-hydrogen) atoms. The number of aryl methyl sites for hydroxylation is 1. The summed E-state index contributed by atoms with van der Waals surface area (Å²) in [5, 5.41) is 2.59. The number of hydrogen-bond donors (Lipinski definition) is 1. The molecule has 0 radical (unpaired) electrons. The number of thioether (sulfide) groups is 1. The Morgan fingerprint density at radius 2 is 1.87 bits per heavy atom. The quantitative estimate of drug-likeness (QED) is 0.600. The summed E-state index contributed by atoms with van der Waals surface area (Å²) < 4.78 is 13.8. The van der Waals surface area contributed by atoms with Crippen molar-refractivity contribution in [2.75, 3.05) is 16.0 Å². The molecule has 0 aliphatic carbocycles. The van der Waals surface area contributed by atoms with Crippen molar-refractivity contribution in [3.63, 3.8) is 0 Å². The highest BCUT2D eigenvalue weighted by molar-refractivity contribution is 8.00. The molecule has 3 aromatic rings. The van der Waals surface area contributed by atoms with Gasteiger partial charge in [-0.25, -0.2) is 4.39 Å². The van der Waals surface area contributed by atoms with Crippen molar-refractivity contribution in [3.05, 3.63) is 95.3 Å². The van der Waals surface area contributed by atoms with E-state index >= 15 is 0 Å². The Balaban J connectivity index is 1.53. The van der Waals surface area contributed by atoms with E-state index < -0.39 is 11.7 Å². The van der Waals surface area contributed by atoms with Gasteiger partial charge in [0.25, 0.3) is 5.91 Å². The van der Waals surface area contributed by atoms with Crippen molar-refractivity contribution < 1.29 is 14.0 Å². The minimum atomic E-state index is -0.558. The van der Waals surface area contributed by atoms with Gasteiger partial charge in [0.1, 0.15) is 11.2 Å². The van der Waals surface area contributed by atoms with Gasteiger partial charge in [-0.05, 0) is 53.9 Å². The van der Waals surface area contributed by atoms with Crippen LogP contribution in [-0.4, -0.2) is 17.6 Å². The highest BCUT2D eigenvalue weighted by Crippen LogP contribution is 2.42. The zero-order valence-corrected chi connectivity index (χ0v) is 17.3. The number of rotatable bonds is 5. The zero-order chi connectivity index (χ0) is 21.1. The van der Waals surface area contributed by atoms with Gasteiger partial charge < -0.3 is 5.32 Å². The number of amides is 2. The molecule has 0 bridgehead atoms. The second kappa shape index (κ2) is 8.71. The molecule has 1 N–H and O–H groups in total. The number of nitrogens with one attached hydrogen (secondary N) is 1. The largest absolute Gasteiger partial charge is 0.322 e. The van der Waals surface area contributed by atoms with Gasteiger partial charge in [0.05, 0.1) is 11.3 Å². The summed E-state index contributed by atoms with van der Waals surface area (Å²) in [5.41, 5.74) is 3.62. The van der Waals surface area contributed by atoms with Crippen molar-refractivity contribution in [1.29, 1.82) is 0 Å². The van der Waals surface area contributed by atoms with E-state index in [1.807, 2.05) is 29.2 Å². The predicted octanol–water partition coefficient (Wildman–Crippen LogP) is 5.42. The Hall–Kier alpha value is -3.12. The van der Waals surface area contributed by atoms with Crippen molar-refractivity contribution in [2.45, 2.75) is 18.7 Å². The first-order valence-electron chi connectivity index (χ1n) is 9.75. The van der Waals surface area contributed by atoms with Gasteiger partial charge in [-0.2, -0.15) is 0 Å². The van der Waals surface area contributed by atoms with E-state index in [9.17, 15) is 14.0 Å². The maximum absolute atomic E-state index is 13.8. The lowest BCUT2D eigenvalue weighted by atomic mass is 10.1. The number of benzene rings is 3. The van der Waals surface area contributed by atoms with E-state index in [1.54, 1.807) is 36.0 Å². The summed E-state index contributed by atoms with van der Waals surface area (Å²) in [7, 11) is 0. The highest BCUT2D eigenvalue weighted by Gasteiger charge is 2.34. The van der Waals surface area contributed by atoms with Gasteiger partial charge in [-0.3, -0.25) is 14.5 Å². The van der Waals surface area contributed by atoms with Crippen LogP contribution >= 0.6 is 11.8 Å². The topological polar surface area (TPSA) is 49.4 Å². The lowest BCUT2D eigenvalue weighted by Crippen LogP contribution is -2.27. The summed E-state index contributed by atoms with van der Waals surface area (Å²) in [6.07, 6.45) is 0.907. The van der Waals surface area contributed by atoms with E-state index in [-0.39, 0.29) is 16.8 Å². The number of halogens is 1. The Morgan fingerprint density at radius 3 is 2.60 bits per heavy atom. The lowest BCUT2D eigenvalue weighted by molar-refractivity contribution is -0.115.